The smallest absolute Gasteiger partial charge is 0.325 e. The second kappa shape index (κ2) is 6.51. The van der Waals surface area contributed by atoms with Gasteiger partial charge in [0.05, 0.1) is 7.11 Å². The summed E-state index contributed by atoms with van der Waals surface area (Å²) in [7, 11) is 5.85. The van der Waals surface area contributed by atoms with Gasteiger partial charge in [-0.2, -0.15) is 0 Å². The van der Waals surface area contributed by atoms with Crippen molar-refractivity contribution in [2.24, 2.45) is 0 Å². The molecule has 0 saturated heterocycles. The standard InChI is InChI=1S/C11H15BrN4O4/c1-14(2)10(19)8-9(15(3)6-17)13-11(12)16(8)5-7(18)20-4/h6H,5H2,1-4H3. The Hall–Kier alpha value is -1.90. The molecule has 0 atom stereocenters. The third-order valence-electron chi connectivity index (χ3n) is 2.52. The zero-order valence-corrected chi connectivity index (χ0v) is 13.2. The average molecular weight is 347 g/mol. The van der Waals surface area contributed by atoms with Crippen molar-refractivity contribution in [2.75, 3.05) is 33.2 Å². The van der Waals surface area contributed by atoms with E-state index in [1.165, 1.54) is 23.6 Å². The van der Waals surface area contributed by atoms with Crippen LogP contribution in [0.3, 0.4) is 0 Å². The molecule has 0 fully saturated rings. The van der Waals surface area contributed by atoms with Crippen molar-refractivity contribution in [1.29, 1.82) is 0 Å². The Kier molecular flexibility index (Phi) is 5.26. The first-order valence-electron chi connectivity index (χ1n) is 5.56. The van der Waals surface area contributed by atoms with Crippen LogP contribution in [0.25, 0.3) is 0 Å². The molecule has 0 aliphatic carbocycles. The number of nitrogens with zero attached hydrogens (tertiary/aromatic N) is 4. The van der Waals surface area contributed by atoms with Gasteiger partial charge in [0.15, 0.2) is 16.2 Å². The number of aromatic nitrogens is 2. The van der Waals surface area contributed by atoms with Crippen molar-refractivity contribution in [3.05, 3.63) is 10.4 Å². The van der Waals surface area contributed by atoms with Gasteiger partial charge in [0, 0.05) is 21.1 Å². The van der Waals surface area contributed by atoms with Gasteiger partial charge >= 0.3 is 5.97 Å². The highest BCUT2D eigenvalue weighted by molar-refractivity contribution is 9.10. The maximum atomic E-state index is 12.2. The molecule has 20 heavy (non-hydrogen) atoms. The number of carbonyl (C=O) groups excluding carboxylic acids is 3. The Morgan fingerprint density at radius 2 is 2.00 bits per heavy atom. The third-order valence-corrected chi connectivity index (χ3v) is 3.12. The van der Waals surface area contributed by atoms with E-state index in [4.69, 9.17) is 0 Å². The molecule has 2 amide bonds. The molecular weight excluding hydrogens is 332 g/mol. The molecular formula is C11H15BrN4O4. The minimum Gasteiger partial charge on any atom is -0.468 e. The van der Waals surface area contributed by atoms with Crippen LogP contribution in [-0.4, -0.2) is 61.0 Å². The fourth-order valence-electron chi connectivity index (χ4n) is 1.47. The molecule has 110 valence electrons. The van der Waals surface area contributed by atoms with Crippen molar-refractivity contribution in [3.63, 3.8) is 0 Å². The molecule has 1 rings (SSSR count). The van der Waals surface area contributed by atoms with Crippen molar-refractivity contribution in [2.45, 2.75) is 6.54 Å². The van der Waals surface area contributed by atoms with Crippen LogP contribution in [0.5, 0.6) is 0 Å². The number of anilines is 1. The van der Waals surface area contributed by atoms with Gasteiger partial charge in [0.25, 0.3) is 5.91 Å². The Balaban J connectivity index is 3.41. The second-order valence-corrected chi connectivity index (χ2v) is 4.84. The monoisotopic (exact) mass is 346 g/mol. The lowest BCUT2D eigenvalue weighted by molar-refractivity contribution is -0.141. The predicted molar refractivity (Wildman–Crippen MR) is 74.4 cm³/mol. The van der Waals surface area contributed by atoms with E-state index in [1.807, 2.05) is 0 Å². The van der Waals surface area contributed by atoms with Crippen molar-refractivity contribution < 1.29 is 19.1 Å². The second-order valence-electron chi connectivity index (χ2n) is 4.13. The number of hydrogen-bond donors (Lipinski definition) is 0. The zero-order chi connectivity index (χ0) is 15.4. The van der Waals surface area contributed by atoms with Crippen LogP contribution < -0.4 is 4.90 Å². The number of esters is 1. The van der Waals surface area contributed by atoms with Crippen LogP contribution in [-0.2, 0) is 20.9 Å². The van der Waals surface area contributed by atoms with E-state index in [0.717, 1.165) is 4.90 Å². The number of imidazole rings is 1. The van der Waals surface area contributed by atoms with Crippen molar-refractivity contribution >= 4 is 40.0 Å². The van der Waals surface area contributed by atoms with Gasteiger partial charge in [-0.15, -0.1) is 0 Å². The maximum absolute atomic E-state index is 12.2. The maximum Gasteiger partial charge on any atom is 0.325 e. The van der Waals surface area contributed by atoms with E-state index in [9.17, 15) is 14.4 Å². The van der Waals surface area contributed by atoms with E-state index >= 15 is 0 Å². The van der Waals surface area contributed by atoms with Crippen LogP contribution in [0.1, 0.15) is 10.5 Å². The highest BCUT2D eigenvalue weighted by Gasteiger charge is 2.26. The number of carbonyl (C=O) groups is 3. The lowest BCUT2D eigenvalue weighted by Gasteiger charge is -2.16. The van der Waals surface area contributed by atoms with Crippen molar-refractivity contribution in [3.8, 4) is 0 Å². The fourth-order valence-corrected chi connectivity index (χ4v) is 1.94. The zero-order valence-electron chi connectivity index (χ0n) is 11.6. The van der Waals surface area contributed by atoms with Crippen LogP contribution in [0, 0.1) is 0 Å². The van der Waals surface area contributed by atoms with Crippen LogP contribution in [0.2, 0.25) is 0 Å². The van der Waals surface area contributed by atoms with E-state index in [1.54, 1.807) is 14.1 Å². The lowest BCUT2D eigenvalue weighted by atomic mass is 10.3. The van der Waals surface area contributed by atoms with Crippen LogP contribution in [0.4, 0.5) is 5.82 Å². The van der Waals surface area contributed by atoms with Gasteiger partial charge in [-0.3, -0.25) is 14.4 Å². The van der Waals surface area contributed by atoms with Crippen LogP contribution >= 0.6 is 15.9 Å². The molecule has 1 heterocycles. The number of hydrogen-bond acceptors (Lipinski definition) is 5. The highest BCUT2D eigenvalue weighted by atomic mass is 79.9. The largest absolute Gasteiger partial charge is 0.468 e. The van der Waals surface area contributed by atoms with Gasteiger partial charge in [0.2, 0.25) is 6.41 Å². The Morgan fingerprint density at radius 1 is 1.40 bits per heavy atom. The quantitative estimate of drug-likeness (QED) is 0.558. The van der Waals surface area contributed by atoms with Gasteiger partial charge in [0.1, 0.15) is 6.54 Å². The summed E-state index contributed by atoms with van der Waals surface area (Å²) < 4.78 is 6.20. The minimum absolute atomic E-state index is 0.127. The first-order chi connectivity index (χ1) is 9.33. The van der Waals surface area contributed by atoms with Gasteiger partial charge in [-0.1, -0.05) is 0 Å². The fraction of sp³-hybridized carbons (Fsp3) is 0.455. The first-order valence-corrected chi connectivity index (χ1v) is 6.35. The normalized spacial score (nSPS) is 10.1. The first kappa shape index (κ1) is 16.2. The minimum atomic E-state index is -0.531. The predicted octanol–water partition coefficient (Wildman–Crippen LogP) is 0.113. The molecule has 8 nitrogen and oxygen atoms in total. The summed E-state index contributed by atoms with van der Waals surface area (Å²) in [4.78, 5) is 41.1. The summed E-state index contributed by atoms with van der Waals surface area (Å²) in [5, 5.41) is 0. The van der Waals surface area contributed by atoms with E-state index in [-0.39, 0.29) is 28.7 Å². The Labute approximate surface area is 124 Å². The van der Waals surface area contributed by atoms with E-state index in [0.29, 0.717) is 6.41 Å². The number of rotatable bonds is 5. The molecule has 0 unspecified atom stereocenters. The molecule has 0 spiro atoms. The molecule has 0 aromatic carbocycles. The summed E-state index contributed by atoms with van der Waals surface area (Å²) in [6.45, 7) is -0.189. The molecule has 0 N–H and O–H groups in total. The molecule has 0 radical (unpaired) electrons. The molecule has 0 bridgehead atoms. The molecule has 9 heteroatoms. The third kappa shape index (κ3) is 3.16. The molecule has 1 aromatic heterocycles. The van der Waals surface area contributed by atoms with Gasteiger partial charge in [-0.05, 0) is 15.9 Å². The molecule has 0 aliphatic rings. The molecule has 0 aliphatic heterocycles. The number of amides is 2. The summed E-state index contributed by atoms with van der Waals surface area (Å²) >= 11 is 3.17. The Morgan fingerprint density at radius 3 is 2.45 bits per heavy atom. The highest BCUT2D eigenvalue weighted by Crippen LogP contribution is 2.24. The van der Waals surface area contributed by atoms with Gasteiger partial charge < -0.3 is 19.1 Å². The number of ether oxygens (including phenoxy) is 1. The van der Waals surface area contributed by atoms with E-state index < -0.39 is 5.97 Å². The molecule has 0 saturated carbocycles. The summed E-state index contributed by atoms with van der Waals surface area (Å²) in [6, 6.07) is 0. The van der Waals surface area contributed by atoms with Crippen molar-refractivity contribution in [1.82, 2.24) is 14.5 Å². The lowest BCUT2D eigenvalue weighted by Crippen LogP contribution is -2.29. The SMILES string of the molecule is COC(=O)Cn1c(Br)nc(N(C)C=O)c1C(=O)N(C)C. The summed E-state index contributed by atoms with van der Waals surface area (Å²) in [5.74, 6) is -0.749. The summed E-state index contributed by atoms with van der Waals surface area (Å²) in [6.07, 6.45) is 0.531. The van der Waals surface area contributed by atoms with E-state index in [2.05, 4.69) is 25.7 Å². The topological polar surface area (TPSA) is 84.7 Å². The Bertz CT molecular complexity index is 541. The van der Waals surface area contributed by atoms with Crippen LogP contribution in [0.15, 0.2) is 4.73 Å². The number of halogens is 1. The molecule has 1 aromatic rings. The number of methoxy groups -OCH3 is 1. The van der Waals surface area contributed by atoms with Gasteiger partial charge in [-0.25, -0.2) is 4.98 Å². The summed E-state index contributed by atoms with van der Waals surface area (Å²) in [5.41, 5.74) is 0.127. The average Bonchev–Trinajstić information content (AvgIpc) is 2.73.